The molecule has 15 heavy (non-hydrogen) atoms. The van der Waals surface area contributed by atoms with Crippen molar-refractivity contribution in [3.8, 4) is 0 Å². The van der Waals surface area contributed by atoms with Gasteiger partial charge in [0.05, 0.1) is 0 Å². The summed E-state index contributed by atoms with van der Waals surface area (Å²) in [7, 11) is 0. The fraction of sp³-hybridized carbons (Fsp3) is 0.500. The zero-order valence-electron chi connectivity index (χ0n) is 9.33. The van der Waals surface area contributed by atoms with Gasteiger partial charge in [0.15, 0.2) is 0 Å². The second-order valence-electron chi connectivity index (χ2n) is 3.95. The highest BCUT2D eigenvalue weighted by Gasteiger charge is 2.15. The number of hydrogen-bond donors (Lipinski definition) is 2. The predicted molar refractivity (Wildman–Crippen MR) is 68.4 cm³/mol. The Morgan fingerprint density at radius 1 is 1.40 bits per heavy atom. The second-order valence-corrected chi connectivity index (χ2v) is 4.81. The first-order chi connectivity index (χ1) is 7.19. The van der Waals surface area contributed by atoms with Gasteiger partial charge in [-0.3, -0.25) is 11.3 Å². The van der Waals surface area contributed by atoms with Gasteiger partial charge in [-0.1, -0.05) is 54.4 Å². The predicted octanol–water partition coefficient (Wildman–Crippen LogP) is 2.87. The highest BCUT2D eigenvalue weighted by atomic mass is 79.9. The van der Waals surface area contributed by atoms with E-state index in [9.17, 15) is 0 Å². The van der Waals surface area contributed by atoms with Crippen molar-refractivity contribution in [2.24, 2.45) is 11.8 Å². The summed E-state index contributed by atoms with van der Waals surface area (Å²) in [6.07, 6.45) is 2.10. The molecule has 0 radical (unpaired) electrons. The fourth-order valence-electron chi connectivity index (χ4n) is 1.61. The van der Waals surface area contributed by atoms with Crippen molar-refractivity contribution in [3.05, 3.63) is 34.3 Å². The summed E-state index contributed by atoms with van der Waals surface area (Å²) in [6, 6.07) is 8.64. The van der Waals surface area contributed by atoms with Crippen LogP contribution in [0.25, 0.3) is 0 Å². The summed E-state index contributed by atoms with van der Waals surface area (Å²) in [5.74, 6) is 6.17. The Hall–Kier alpha value is -0.380. The third kappa shape index (κ3) is 3.59. The van der Waals surface area contributed by atoms with Gasteiger partial charge in [0.25, 0.3) is 0 Å². The lowest BCUT2D eigenvalue weighted by molar-refractivity contribution is 0.369. The number of nitrogens with one attached hydrogen (secondary N) is 1. The fourth-order valence-corrected chi connectivity index (χ4v) is 2.06. The Kier molecular flexibility index (Phi) is 5.29. The lowest BCUT2D eigenvalue weighted by Gasteiger charge is -2.22. The summed E-state index contributed by atoms with van der Waals surface area (Å²) in [6.45, 7) is 4.41. The molecule has 2 unspecified atom stereocenters. The van der Waals surface area contributed by atoms with Crippen molar-refractivity contribution < 1.29 is 0 Å². The van der Waals surface area contributed by atoms with Crippen molar-refractivity contribution in [2.45, 2.75) is 32.7 Å². The zero-order valence-corrected chi connectivity index (χ0v) is 10.9. The first-order valence-electron chi connectivity index (χ1n) is 5.38. The molecule has 0 fully saturated rings. The minimum Gasteiger partial charge on any atom is -0.271 e. The van der Waals surface area contributed by atoms with Gasteiger partial charge in [-0.05, 0) is 24.0 Å². The molecular weight excluding hydrogens is 252 g/mol. The van der Waals surface area contributed by atoms with Gasteiger partial charge in [0.1, 0.15) is 0 Å². The Balaban J connectivity index is 2.71. The van der Waals surface area contributed by atoms with Crippen molar-refractivity contribution in [1.82, 2.24) is 5.43 Å². The molecule has 2 atom stereocenters. The Morgan fingerprint density at radius 3 is 2.60 bits per heavy atom. The summed E-state index contributed by atoms with van der Waals surface area (Å²) >= 11 is 3.56. The molecule has 0 saturated carbocycles. The van der Waals surface area contributed by atoms with Gasteiger partial charge in [-0.15, -0.1) is 0 Å². The lowest BCUT2D eigenvalue weighted by atomic mass is 9.93. The van der Waals surface area contributed by atoms with Crippen LogP contribution in [0.2, 0.25) is 0 Å². The van der Waals surface area contributed by atoms with Crippen molar-refractivity contribution in [1.29, 1.82) is 0 Å². The lowest BCUT2D eigenvalue weighted by Crippen LogP contribution is -2.41. The van der Waals surface area contributed by atoms with Gasteiger partial charge in [0.2, 0.25) is 0 Å². The molecule has 0 saturated heterocycles. The molecule has 0 aromatic heterocycles. The number of hydrazine groups is 1. The molecule has 0 spiro atoms. The van der Waals surface area contributed by atoms with E-state index >= 15 is 0 Å². The topological polar surface area (TPSA) is 38.0 Å². The first kappa shape index (κ1) is 12.7. The highest BCUT2D eigenvalue weighted by molar-refractivity contribution is 9.10. The largest absolute Gasteiger partial charge is 0.271 e. The number of benzene rings is 1. The molecule has 1 rings (SSSR count). The average Bonchev–Trinajstić information content (AvgIpc) is 2.27. The van der Waals surface area contributed by atoms with Crippen LogP contribution in [0.15, 0.2) is 28.7 Å². The van der Waals surface area contributed by atoms with Crippen LogP contribution in [-0.2, 0) is 6.42 Å². The SMILES string of the molecule is CCC(C)C(Cc1ccccc1Br)NN. The maximum atomic E-state index is 5.58. The number of hydrogen-bond acceptors (Lipinski definition) is 2. The van der Waals surface area contributed by atoms with Crippen LogP contribution in [0.1, 0.15) is 25.8 Å². The number of halogens is 1. The van der Waals surface area contributed by atoms with Gasteiger partial charge in [0, 0.05) is 10.5 Å². The van der Waals surface area contributed by atoms with E-state index in [1.165, 1.54) is 5.56 Å². The molecule has 0 aliphatic heterocycles. The van der Waals surface area contributed by atoms with Crippen LogP contribution in [0.3, 0.4) is 0 Å². The summed E-state index contributed by atoms with van der Waals surface area (Å²) < 4.78 is 1.16. The molecule has 3 N–H and O–H groups in total. The third-order valence-electron chi connectivity index (χ3n) is 2.94. The van der Waals surface area contributed by atoms with E-state index < -0.39 is 0 Å². The van der Waals surface area contributed by atoms with E-state index in [0.29, 0.717) is 12.0 Å². The Labute approximate surface area is 100 Å². The van der Waals surface area contributed by atoms with Crippen molar-refractivity contribution >= 4 is 15.9 Å². The first-order valence-corrected chi connectivity index (χ1v) is 6.17. The molecule has 0 heterocycles. The maximum Gasteiger partial charge on any atom is 0.0276 e. The van der Waals surface area contributed by atoms with Crippen LogP contribution >= 0.6 is 15.9 Å². The normalized spacial score (nSPS) is 14.9. The van der Waals surface area contributed by atoms with E-state index in [4.69, 9.17) is 5.84 Å². The van der Waals surface area contributed by atoms with Crippen LogP contribution in [0.4, 0.5) is 0 Å². The minimum atomic E-state index is 0.341. The Bertz CT molecular complexity index is 301. The molecule has 1 aromatic carbocycles. The number of nitrogens with two attached hydrogens (primary N) is 1. The van der Waals surface area contributed by atoms with Gasteiger partial charge < -0.3 is 0 Å². The highest BCUT2D eigenvalue weighted by Crippen LogP contribution is 2.20. The molecule has 1 aromatic rings. The standard InChI is InChI=1S/C12H19BrN2/c1-3-9(2)12(15-14)8-10-6-4-5-7-11(10)13/h4-7,9,12,15H,3,8,14H2,1-2H3. The van der Waals surface area contributed by atoms with Crippen molar-refractivity contribution in [3.63, 3.8) is 0 Å². The average molecular weight is 271 g/mol. The maximum absolute atomic E-state index is 5.58. The molecular formula is C12H19BrN2. The third-order valence-corrected chi connectivity index (χ3v) is 3.72. The van der Waals surface area contributed by atoms with E-state index in [-0.39, 0.29) is 0 Å². The van der Waals surface area contributed by atoms with Crippen LogP contribution < -0.4 is 11.3 Å². The molecule has 2 nitrogen and oxygen atoms in total. The van der Waals surface area contributed by atoms with Crippen LogP contribution in [-0.4, -0.2) is 6.04 Å². The van der Waals surface area contributed by atoms with E-state index in [1.54, 1.807) is 0 Å². The van der Waals surface area contributed by atoms with E-state index in [0.717, 1.165) is 17.3 Å². The van der Waals surface area contributed by atoms with Crippen LogP contribution in [0.5, 0.6) is 0 Å². The minimum absolute atomic E-state index is 0.341. The number of rotatable bonds is 5. The zero-order chi connectivity index (χ0) is 11.3. The summed E-state index contributed by atoms with van der Waals surface area (Å²) in [4.78, 5) is 0. The molecule has 3 heteroatoms. The molecule has 0 amide bonds. The van der Waals surface area contributed by atoms with Gasteiger partial charge in [-0.25, -0.2) is 0 Å². The molecule has 84 valence electrons. The quantitative estimate of drug-likeness (QED) is 0.638. The second kappa shape index (κ2) is 6.26. The molecule has 0 bridgehead atoms. The summed E-state index contributed by atoms with van der Waals surface area (Å²) in [5, 5.41) is 0. The van der Waals surface area contributed by atoms with Crippen molar-refractivity contribution in [2.75, 3.05) is 0 Å². The van der Waals surface area contributed by atoms with Crippen LogP contribution in [0, 0.1) is 5.92 Å². The van der Waals surface area contributed by atoms with E-state index in [1.807, 2.05) is 6.07 Å². The van der Waals surface area contributed by atoms with Gasteiger partial charge >= 0.3 is 0 Å². The summed E-state index contributed by atoms with van der Waals surface area (Å²) in [5.41, 5.74) is 4.21. The molecule has 0 aliphatic carbocycles. The smallest absolute Gasteiger partial charge is 0.0276 e. The van der Waals surface area contributed by atoms with E-state index in [2.05, 4.69) is 53.4 Å². The monoisotopic (exact) mass is 270 g/mol. The molecule has 0 aliphatic rings. The Morgan fingerprint density at radius 2 is 2.07 bits per heavy atom. The van der Waals surface area contributed by atoms with Gasteiger partial charge in [-0.2, -0.15) is 0 Å².